The molecule has 1 aliphatic rings. The van der Waals surface area contributed by atoms with Gasteiger partial charge in [-0.3, -0.25) is 0 Å². The molecule has 0 amide bonds. The predicted octanol–water partition coefficient (Wildman–Crippen LogP) is 3.51. The first kappa shape index (κ1) is 13.4. The van der Waals surface area contributed by atoms with Crippen molar-refractivity contribution in [1.82, 2.24) is 5.32 Å². The Morgan fingerprint density at radius 1 is 1.28 bits per heavy atom. The number of hydrogen-bond donors (Lipinski definition) is 1. The third kappa shape index (κ3) is 3.74. The second-order valence-corrected chi connectivity index (χ2v) is 6.24. The molecule has 0 spiro atoms. The van der Waals surface area contributed by atoms with Gasteiger partial charge in [-0.05, 0) is 42.5 Å². The van der Waals surface area contributed by atoms with Gasteiger partial charge in [0.1, 0.15) is 12.4 Å². The molecular weight excluding hydrogens is 222 g/mol. The Labute approximate surface area is 111 Å². The zero-order valence-corrected chi connectivity index (χ0v) is 11.8. The average molecular weight is 247 g/mol. The molecule has 2 rings (SSSR count). The number of hydrogen-bond acceptors (Lipinski definition) is 2. The SMILES string of the molecule is CC(C)(C)c1cccc(OCC2CCCCN2)c1. The van der Waals surface area contributed by atoms with Gasteiger partial charge in [-0.1, -0.05) is 39.3 Å². The molecule has 0 saturated carbocycles. The van der Waals surface area contributed by atoms with Gasteiger partial charge in [0.2, 0.25) is 0 Å². The molecule has 18 heavy (non-hydrogen) atoms. The molecule has 1 saturated heterocycles. The molecule has 2 nitrogen and oxygen atoms in total. The largest absolute Gasteiger partial charge is 0.492 e. The van der Waals surface area contributed by atoms with Crippen molar-refractivity contribution >= 4 is 0 Å². The first-order valence-electron chi connectivity index (χ1n) is 7.02. The smallest absolute Gasteiger partial charge is 0.119 e. The molecule has 0 radical (unpaired) electrons. The third-order valence-corrected chi connectivity index (χ3v) is 3.56. The van der Waals surface area contributed by atoms with Gasteiger partial charge in [0.15, 0.2) is 0 Å². The monoisotopic (exact) mass is 247 g/mol. The Morgan fingerprint density at radius 2 is 2.11 bits per heavy atom. The van der Waals surface area contributed by atoms with Crippen molar-refractivity contribution < 1.29 is 4.74 Å². The van der Waals surface area contributed by atoms with Crippen LogP contribution >= 0.6 is 0 Å². The number of benzene rings is 1. The van der Waals surface area contributed by atoms with Crippen LogP contribution in [-0.4, -0.2) is 19.2 Å². The fourth-order valence-corrected chi connectivity index (χ4v) is 2.32. The van der Waals surface area contributed by atoms with Crippen LogP contribution in [0.1, 0.15) is 45.6 Å². The lowest BCUT2D eigenvalue weighted by Gasteiger charge is -2.24. The van der Waals surface area contributed by atoms with Crippen LogP contribution < -0.4 is 10.1 Å². The normalized spacial score (nSPS) is 20.7. The molecule has 1 atom stereocenters. The van der Waals surface area contributed by atoms with E-state index in [9.17, 15) is 0 Å². The van der Waals surface area contributed by atoms with E-state index in [0.717, 1.165) is 18.9 Å². The molecule has 1 fully saturated rings. The third-order valence-electron chi connectivity index (χ3n) is 3.56. The summed E-state index contributed by atoms with van der Waals surface area (Å²) in [5, 5.41) is 3.51. The van der Waals surface area contributed by atoms with Crippen LogP contribution in [0.2, 0.25) is 0 Å². The number of nitrogens with one attached hydrogen (secondary N) is 1. The van der Waals surface area contributed by atoms with Gasteiger partial charge in [-0.25, -0.2) is 0 Å². The van der Waals surface area contributed by atoms with Gasteiger partial charge in [-0.2, -0.15) is 0 Å². The Bertz CT molecular complexity index is 375. The summed E-state index contributed by atoms with van der Waals surface area (Å²) in [5.41, 5.74) is 1.51. The van der Waals surface area contributed by atoms with E-state index in [4.69, 9.17) is 4.74 Å². The Kier molecular flexibility index (Phi) is 4.28. The molecule has 0 aliphatic carbocycles. The van der Waals surface area contributed by atoms with E-state index in [0.29, 0.717) is 6.04 Å². The first-order valence-corrected chi connectivity index (χ1v) is 7.02. The van der Waals surface area contributed by atoms with E-state index >= 15 is 0 Å². The molecule has 100 valence electrons. The van der Waals surface area contributed by atoms with Gasteiger partial charge < -0.3 is 10.1 Å². The molecule has 1 aromatic rings. The van der Waals surface area contributed by atoms with Crippen molar-refractivity contribution in [1.29, 1.82) is 0 Å². The maximum absolute atomic E-state index is 5.92. The number of ether oxygens (including phenoxy) is 1. The Morgan fingerprint density at radius 3 is 2.78 bits per heavy atom. The van der Waals surface area contributed by atoms with Crippen molar-refractivity contribution in [2.24, 2.45) is 0 Å². The molecule has 1 N–H and O–H groups in total. The van der Waals surface area contributed by atoms with Crippen molar-refractivity contribution in [2.75, 3.05) is 13.2 Å². The van der Waals surface area contributed by atoms with Crippen molar-refractivity contribution in [3.05, 3.63) is 29.8 Å². The quantitative estimate of drug-likeness (QED) is 0.882. The van der Waals surface area contributed by atoms with Crippen molar-refractivity contribution in [2.45, 2.75) is 51.5 Å². The predicted molar refractivity (Wildman–Crippen MR) is 76.3 cm³/mol. The van der Waals surface area contributed by atoms with Gasteiger partial charge in [-0.15, -0.1) is 0 Å². The fourth-order valence-electron chi connectivity index (χ4n) is 2.32. The van der Waals surface area contributed by atoms with Crippen molar-refractivity contribution in [3.8, 4) is 5.75 Å². The number of piperidine rings is 1. The van der Waals surface area contributed by atoms with Gasteiger partial charge in [0, 0.05) is 6.04 Å². The van der Waals surface area contributed by atoms with Crippen LogP contribution in [0.15, 0.2) is 24.3 Å². The molecule has 1 heterocycles. The van der Waals surface area contributed by atoms with Crippen molar-refractivity contribution in [3.63, 3.8) is 0 Å². The summed E-state index contributed by atoms with van der Waals surface area (Å²) in [6.07, 6.45) is 3.86. The summed E-state index contributed by atoms with van der Waals surface area (Å²) in [7, 11) is 0. The summed E-state index contributed by atoms with van der Waals surface area (Å²) >= 11 is 0. The zero-order valence-electron chi connectivity index (χ0n) is 11.8. The van der Waals surface area contributed by atoms with Gasteiger partial charge in [0.25, 0.3) is 0 Å². The molecular formula is C16H25NO. The fraction of sp³-hybridized carbons (Fsp3) is 0.625. The van der Waals surface area contributed by atoms with Crippen LogP contribution in [0.4, 0.5) is 0 Å². The Hall–Kier alpha value is -1.02. The van der Waals surface area contributed by atoms with Crippen LogP contribution in [0.5, 0.6) is 5.75 Å². The lowest BCUT2D eigenvalue weighted by Crippen LogP contribution is -2.38. The van der Waals surface area contributed by atoms with E-state index < -0.39 is 0 Å². The lowest BCUT2D eigenvalue weighted by atomic mass is 9.87. The van der Waals surface area contributed by atoms with Gasteiger partial charge in [0.05, 0.1) is 0 Å². The topological polar surface area (TPSA) is 21.3 Å². The van der Waals surface area contributed by atoms with E-state index in [2.05, 4.69) is 50.4 Å². The summed E-state index contributed by atoms with van der Waals surface area (Å²) in [6.45, 7) is 8.61. The highest BCUT2D eigenvalue weighted by Crippen LogP contribution is 2.25. The highest BCUT2D eigenvalue weighted by atomic mass is 16.5. The van der Waals surface area contributed by atoms with E-state index in [-0.39, 0.29) is 5.41 Å². The highest BCUT2D eigenvalue weighted by molar-refractivity contribution is 5.32. The summed E-state index contributed by atoms with van der Waals surface area (Å²) in [6, 6.07) is 9.01. The Balaban J connectivity index is 1.92. The minimum absolute atomic E-state index is 0.183. The van der Waals surface area contributed by atoms with Crippen LogP contribution in [0, 0.1) is 0 Å². The zero-order chi connectivity index (χ0) is 13.0. The lowest BCUT2D eigenvalue weighted by molar-refractivity contribution is 0.238. The highest BCUT2D eigenvalue weighted by Gasteiger charge is 2.15. The molecule has 1 unspecified atom stereocenters. The maximum atomic E-state index is 5.92. The second kappa shape index (κ2) is 5.75. The van der Waals surface area contributed by atoms with E-state index in [1.54, 1.807) is 0 Å². The summed E-state index contributed by atoms with van der Waals surface area (Å²) in [5.74, 6) is 0.995. The summed E-state index contributed by atoms with van der Waals surface area (Å²) < 4.78 is 5.92. The van der Waals surface area contributed by atoms with Crippen LogP contribution in [0.25, 0.3) is 0 Å². The second-order valence-electron chi connectivity index (χ2n) is 6.24. The molecule has 0 bridgehead atoms. The van der Waals surface area contributed by atoms with Crippen LogP contribution in [-0.2, 0) is 5.41 Å². The van der Waals surface area contributed by atoms with E-state index in [1.807, 2.05) is 0 Å². The maximum Gasteiger partial charge on any atom is 0.119 e. The van der Waals surface area contributed by atoms with Crippen LogP contribution in [0.3, 0.4) is 0 Å². The molecule has 1 aromatic carbocycles. The molecule has 2 heteroatoms. The summed E-state index contributed by atoms with van der Waals surface area (Å²) in [4.78, 5) is 0. The van der Waals surface area contributed by atoms with E-state index in [1.165, 1.54) is 24.8 Å². The molecule has 1 aliphatic heterocycles. The first-order chi connectivity index (χ1) is 8.55. The number of rotatable bonds is 3. The minimum atomic E-state index is 0.183. The van der Waals surface area contributed by atoms with Gasteiger partial charge >= 0.3 is 0 Å². The average Bonchev–Trinajstić information content (AvgIpc) is 2.37. The minimum Gasteiger partial charge on any atom is -0.492 e. The molecule has 0 aromatic heterocycles. The standard InChI is InChI=1S/C16H25NO/c1-16(2,3)13-7-6-9-15(11-13)18-12-14-8-4-5-10-17-14/h6-7,9,11,14,17H,4-5,8,10,12H2,1-3H3.